The van der Waals surface area contributed by atoms with Crippen LogP contribution in [0.15, 0.2) is 23.7 Å². The van der Waals surface area contributed by atoms with E-state index in [0.717, 1.165) is 17.5 Å². The molecule has 0 bridgehead atoms. The number of nitrogens with two attached hydrogens (primary N) is 1. The zero-order chi connectivity index (χ0) is 22.5. The minimum absolute atomic E-state index is 0.149. The Hall–Kier alpha value is -2.89. The van der Waals surface area contributed by atoms with Gasteiger partial charge in [0.15, 0.2) is 6.10 Å². The molecule has 1 saturated heterocycles. The summed E-state index contributed by atoms with van der Waals surface area (Å²) in [5, 5.41) is 4.32. The van der Waals surface area contributed by atoms with Crippen LogP contribution in [0.5, 0.6) is 0 Å². The predicted octanol–water partition coefficient (Wildman–Crippen LogP) is 2.07. The van der Waals surface area contributed by atoms with E-state index in [1.807, 2.05) is 0 Å². The zero-order valence-corrected chi connectivity index (χ0v) is 16.7. The van der Waals surface area contributed by atoms with Gasteiger partial charge < -0.3 is 20.7 Å². The molecule has 1 aromatic rings. The Kier molecular flexibility index (Phi) is 7.59. The molecule has 0 radical (unpaired) electrons. The highest BCUT2D eigenvalue weighted by molar-refractivity contribution is 7.14. The Bertz CT molecular complexity index is 844. The standard InChI is InChI=1S/C18H20F3N3O5S/c1-10(15(27)23-16-12(14(22)26)5-9-30-16)29-17(28)11-2-6-24(7-3-11)8-4-13(25)18(19,20)21/h4-5,8-11H,2-3,6-7H2,1H3,(H2,22,26)(H,23,27)/b8-4+. The molecule has 30 heavy (non-hydrogen) atoms. The van der Waals surface area contributed by atoms with Gasteiger partial charge in [-0.3, -0.25) is 19.2 Å². The number of thiophene rings is 1. The number of carbonyl (C=O) groups excluding carboxylic acids is 4. The van der Waals surface area contributed by atoms with Crippen LogP contribution in [-0.2, 0) is 19.1 Å². The maximum atomic E-state index is 12.3. The molecule has 1 fully saturated rings. The fraction of sp³-hybridized carbons (Fsp3) is 0.444. The van der Waals surface area contributed by atoms with Gasteiger partial charge in [-0.15, -0.1) is 11.3 Å². The number of carbonyl (C=O) groups is 4. The molecule has 164 valence electrons. The molecule has 0 aromatic carbocycles. The molecule has 0 aliphatic carbocycles. The zero-order valence-electron chi connectivity index (χ0n) is 15.9. The fourth-order valence-electron chi connectivity index (χ4n) is 2.69. The smallest absolute Gasteiger partial charge is 0.452 e. The first kappa shape index (κ1) is 23.4. The highest BCUT2D eigenvalue weighted by Gasteiger charge is 2.36. The number of ketones is 1. The molecule has 2 amide bonds. The van der Waals surface area contributed by atoms with Crippen molar-refractivity contribution in [1.82, 2.24) is 4.90 Å². The third-order valence-corrected chi connectivity index (χ3v) is 5.24. The Labute approximate surface area is 173 Å². The van der Waals surface area contributed by atoms with Crippen LogP contribution < -0.4 is 11.1 Å². The molecule has 1 aromatic heterocycles. The van der Waals surface area contributed by atoms with Gasteiger partial charge in [-0.05, 0) is 31.2 Å². The van der Waals surface area contributed by atoms with Crippen molar-refractivity contribution in [2.45, 2.75) is 32.0 Å². The number of primary amides is 1. The second kappa shape index (κ2) is 9.74. The number of nitrogens with zero attached hydrogens (tertiary/aromatic N) is 1. The van der Waals surface area contributed by atoms with E-state index in [1.54, 1.807) is 5.38 Å². The summed E-state index contributed by atoms with van der Waals surface area (Å²) >= 11 is 1.10. The third kappa shape index (κ3) is 6.31. The lowest BCUT2D eigenvalue weighted by Crippen LogP contribution is -2.37. The van der Waals surface area contributed by atoms with Crippen LogP contribution in [0.2, 0.25) is 0 Å². The first-order valence-electron chi connectivity index (χ1n) is 8.91. The van der Waals surface area contributed by atoms with E-state index in [1.165, 1.54) is 17.9 Å². The molecule has 0 spiro atoms. The Morgan fingerprint density at radius 2 is 1.93 bits per heavy atom. The molecule has 1 atom stereocenters. The molecule has 1 unspecified atom stereocenters. The van der Waals surface area contributed by atoms with Crippen LogP contribution in [0.1, 0.15) is 30.1 Å². The summed E-state index contributed by atoms with van der Waals surface area (Å²) in [5.74, 6) is -4.40. The second-order valence-corrected chi connectivity index (χ2v) is 7.50. The molecular formula is C18H20F3N3O5S. The van der Waals surface area contributed by atoms with Gasteiger partial charge in [-0.25, -0.2) is 0 Å². The normalized spacial score (nSPS) is 16.3. The quantitative estimate of drug-likeness (QED) is 0.488. The van der Waals surface area contributed by atoms with E-state index in [2.05, 4.69) is 5.32 Å². The second-order valence-electron chi connectivity index (χ2n) is 6.58. The number of piperidine rings is 1. The summed E-state index contributed by atoms with van der Waals surface area (Å²) in [6.45, 7) is 1.91. The van der Waals surface area contributed by atoms with Crippen LogP contribution in [0.4, 0.5) is 18.2 Å². The van der Waals surface area contributed by atoms with Crippen LogP contribution in [-0.4, -0.2) is 53.8 Å². The topological polar surface area (TPSA) is 119 Å². The molecular weight excluding hydrogens is 427 g/mol. The number of nitrogens with one attached hydrogen (secondary N) is 1. The number of rotatable bonds is 7. The average molecular weight is 447 g/mol. The van der Waals surface area contributed by atoms with Gasteiger partial charge in [0.25, 0.3) is 17.6 Å². The SMILES string of the molecule is CC(OC(=O)C1CCN(/C=C/C(=O)C(F)(F)F)CC1)C(=O)Nc1sccc1C(N)=O. The summed E-state index contributed by atoms with van der Waals surface area (Å²) < 4.78 is 41.8. The van der Waals surface area contributed by atoms with Gasteiger partial charge >= 0.3 is 12.1 Å². The number of amides is 2. The predicted molar refractivity (Wildman–Crippen MR) is 102 cm³/mol. The highest BCUT2D eigenvalue weighted by atomic mass is 32.1. The van der Waals surface area contributed by atoms with Gasteiger partial charge in [-0.1, -0.05) is 0 Å². The van der Waals surface area contributed by atoms with Crippen molar-refractivity contribution in [3.05, 3.63) is 29.3 Å². The Morgan fingerprint density at radius 3 is 2.50 bits per heavy atom. The number of likely N-dealkylation sites (tertiary alicyclic amines) is 1. The van der Waals surface area contributed by atoms with Gasteiger partial charge in [-0.2, -0.15) is 13.2 Å². The monoisotopic (exact) mass is 447 g/mol. The molecule has 3 N–H and O–H groups in total. The highest BCUT2D eigenvalue weighted by Crippen LogP contribution is 2.24. The minimum Gasteiger partial charge on any atom is -0.452 e. The maximum Gasteiger partial charge on any atom is 0.454 e. The van der Waals surface area contributed by atoms with Crippen LogP contribution in [0, 0.1) is 5.92 Å². The number of hydrogen-bond donors (Lipinski definition) is 2. The summed E-state index contributed by atoms with van der Waals surface area (Å²) in [6, 6.07) is 1.46. The fourth-order valence-corrected chi connectivity index (χ4v) is 3.48. The van der Waals surface area contributed by atoms with E-state index in [-0.39, 0.29) is 23.7 Å². The number of anilines is 1. The Morgan fingerprint density at radius 1 is 1.30 bits per heavy atom. The van der Waals surface area contributed by atoms with Crippen molar-refractivity contribution >= 4 is 39.9 Å². The van der Waals surface area contributed by atoms with Gasteiger partial charge in [0.1, 0.15) is 5.00 Å². The van der Waals surface area contributed by atoms with Gasteiger partial charge in [0.05, 0.1) is 11.5 Å². The van der Waals surface area contributed by atoms with Crippen LogP contribution in [0.25, 0.3) is 0 Å². The number of alkyl halides is 3. The lowest BCUT2D eigenvalue weighted by atomic mass is 9.97. The van der Waals surface area contributed by atoms with Crippen LogP contribution in [0.3, 0.4) is 0 Å². The molecule has 2 rings (SSSR count). The summed E-state index contributed by atoms with van der Waals surface area (Å²) in [6.07, 6.45) is -3.93. The van der Waals surface area contributed by atoms with Crippen LogP contribution >= 0.6 is 11.3 Å². The van der Waals surface area contributed by atoms with Crippen molar-refractivity contribution in [2.24, 2.45) is 11.7 Å². The number of halogens is 3. The first-order valence-corrected chi connectivity index (χ1v) is 9.79. The molecule has 8 nitrogen and oxygen atoms in total. The van der Waals surface area contributed by atoms with Crippen molar-refractivity contribution in [3.63, 3.8) is 0 Å². The number of ether oxygens (including phenoxy) is 1. The summed E-state index contributed by atoms with van der Waals surface area (Å²) in [4.78, 5) is 48.1. The van der Waals surface area contributed by atoms with Crippen molar-refractivity contribution in [1.29, 1.82) is 0 Å². The molecule has 1 aliphatic heterocycles. The molecule has 12 heteroatoms. The van der Waals surface area contributed by atoms with E-state index < -0.39 is 41.8 Å². The van der Waals surface area contributed by atoms with Crippen molar-refractivity contribution in [3.8, 4) is 0 Å². The van der Waals surface area contributed by atoms with E-state index in [0.29, 0.717) is 18.9 Å². The third-order valence-electron chi connectivity index (χ3n) is 4.41. The van der Waals surface area contributed by atoms with E-state index in [4.69, 9.17) is 10.5 Å². The summed E-state index contributed by atoms with van der Waals surface area (Å²) in [5.41, 5.74) is 5.36. The largest absolute Gasteiger partial charge is 0.454 e. The number of hydrogen-bond acceptors (Lipinski definition) is 7. The van der Waals surface area contributed by atoms with Gasteiger partial charge in [0, 0.05) is 25.4 Å². The summed E-state index contributed by atoms with van der Waals surface area (Å²) in [7, 11) is 0. The molecule has 1 aliphatic rings. The number of allylic oxidation sites excluding steroid dienone is 1. The maximum absolute atomic E-state index is 12.3. The lowest BCUT2D eigenvalue weighted by molar-refractivity contribution is -0.165. The number of esters is 1. The van der Waals surface area contributed by atoms with Crippen molar-refractivity contribution in [2.75, 3.05) is 18.4 Å². The lowest BCUT2D eigenvalue weighted by Gasteiger charge is -2.30. The van der Waals surface area contributed by atoms with E-state index >= 15 is 0 Å². The minimum atomic E-state index is -4.92. The average Bonchev–Trinajstić information content (AvgIpc) is 3.14. The van der Waals surface area contributed by atoms with Crippen molar-refractivity contribution < 1.29 is 37.1 Å². The first-order chi connectivity index (χ1) is 14.0. The Balaban J connectivity index is 1.82. The van der Waals surface area contributed by atoms with E-state index in [9.17, 15) is 32.3 Å². The molecule has 2 heterocycles. The molecule has 0 saturated carbocycles. The van der Waals surface area contributed by atoms with Gasteiger partial charge in [0.2, 0.25) is 0 Å².